The Balaban J connectivity index is 0.00000312. The van der Waals surface area contributed by atoms with E-state index >= 15 is 0 Å². The highest BCUT2D eigenvalue weighted by Crippen LogP contribution is 2.19. The van der Waals surface area contributed by atoms with Crippen LogP contribution in [-0.2, 0) is 6.54 Å². The minimum absolute atomic E-state index is 0. The van der Waals surface area contributed by atoms with Crippen LogP contribution in [-0.4, -0.2) is 43.8 Å². The summed E-state index contributed by atoms with van der Waals surface area (Å²) in [5.74, 6) is 1.73. The molecule has 0 spiro atoms. The number of nitrogens with one attached hydrogen (secondary N) is 1. The van der Waals surface area contributed by atoms with Crippen molar-refractivity contribution in [2.45, 2.75) is 32.5 Å². The first-order valence-corrected chi connectivity index (χ1v) is 8.11. The van der Waals surface area contributed by atoms with Crippen LogP contribution >= 0.6 is 24.0 Å². The van der Waals surface area contributed by atoms with E-state index in [0.717, 1.165) is 31.0 Å². The number of rotatable bonds is 4. The number of nitrogens with zero attached hydrogens (tertiary/aromatic N) is 2. The Labute approximate surface area is 163 Å². The van der Waals surface area contributed by atoms with Gasteiger partial charge < -0.3 is 15.0 Å². The molecule has 0 bridgehead atoms. The average Bonchev–Trinajstić information content (AvgIpc) is 2.54. The molecule has 1 unspecified atom stereocenters. The number of benzene rings is 1. The molecule has 1 aromatic carbocycles. The van der Waals surface area contributed by atoms with Crippen LogP contribution in [0.1, 0.15) is 25.3 Å². The molecule has 0 saturated carbocycles. The number of aliphatic imine (C=N–C) groups is 1. The van der Waals surface area contributed by atoms with Crippen molar-refractivity contribution in [3.63, 3.8) is 0 Å². The molecule has 142 valence electrons. The molecule has 0 aliphatic carbocycles. The van der Waals surface area contributed by atoms with Gasteiger partial charge in [0.1, 0.15) is 5.75 Å². The van der Waals surface area contributed by atoms with Crippen LogP contribution in [0.15, 0.2) is 29.3 Å². The maximum absolute atomic E-state index is 12.1. The molecule has 0 aromatic heterocycles. The summed E-state index contributed by atoms with van der Waals surface area (Å²) in [5.41, 5.74) is 0.959. The fraction of sp³-hybridized carbons (Fsp3) is 0.588. The maximum atomic E-state index is 12.1. The summed E-state index contributed by atoms with van der Waals surface area (Å²) in [5, 5.41) is 3.31. The minimum Gasteiger partial charge on any atom is -0.484 e. The van der Waals surface area contributed by atoms with Crippen LogP contribution in [0.5, 0.6) is 5.75 Å². The molecule has 2 rings (SSSR count). The van der Waals surface area contributed by atoms with E-state index in [9.17, 15) is 13.2 Å². The molecule has 4 nitrogen and oxygen atoms in total. The molecule has 1 heterocycles. The summed E-state index contributed by atoms with van der Waals surface area (Å²) in [4.78, 5) is 6.56. The summed E-state index contributed by atoms with van der Waals surface area (Å²) in [7, 11) is 1.76. The van der Waals surface area contributed by atoms with E-state index in [1.807, 2.05) is 0 Å². The van der Waals surface area contributed by atoms with E-state index in [4.69, 9.17) is 4.74 Å². The zero-order valence-electron chi connectivity index (χ0n) is 14.5. The van der Waals surface area contributed by atoms with Crippen molar-refractivity contribution in [2.24, 2.45) is 10.9 Å². The van der Waals surface area contributed by atoms with Gasteiger partial charge in [0.15, 0.2) is 12.6 Å². The van der Waals surface area contributed by atoms with Crippen molar-refractivity contribution in [1.82, 2.24) is 10.2 Å². The van der Waals surface area contributed by atoms with Gasteiger partial charge in [-0.05, 0) is 36.5 Å². The highest BCUT2D eigenvalue weighted by Gasteiger charge is 2.28. The number of halogens is 4. The van der Waals surface area contributed by atoms with Gasteiger partial charge in [-0.15, -0.1) is 24.0 Å². The summed E-state index contributed by atoms with van der Waals surface area (Å²) < 4.78 is 41.1. The van der Waals surface area contributed by atoms with Crippen molar-refractivity contribution in [1.29, 1.82) is 0 Å². The topological polar surface area (TPSA) is 36.9 Å². The monoisotopic (exact) mass is 471 g/mol. The van der Waals surface area contributed by atoms with Crippen LogP contribution < -0.4 is 10.1 Å². The Morgan fingerprint density at radius 1 is 1.32 bits per heavy atom. The zero-order chi connectivity index (χ0) is 17.6. The van der Waals surface area contributed by atoms with Crippen LogP contribution in [0.4, 0.5) is 13.2 Å². The number of alkyl halides is 3. The van der Waals surface area contributed by atoms with Crippen molar-refractivity contribution in [3.05, 3.63) is 29.8 Å². The van der Waals surface area contributed by atoms with Crippen molar-refractivity contribution in [3.8, 4) is 5.75 Å². The normalized spacial score (nSPS) is 18.5. The molecule has 1 saturated heterocycles. The second-order valence-electron chi connectivity index (χ2n) is 6.14. The Hall–Kier alpha value is -1.19. The molecule has 1 fully saturated rings. The van der Waals surface area contributed by atoms with Crippen molar-refractivity contribution >= 4 is 29.9 Å². The third kappa shape index (κ3) is 7.70. The lowest BCUT2D eigenvalue weighted by atomic mass is 10.0. The molecule has 1 aliphatic rings. The van der Waals surface area contributed by atoms with E-state index in [-0.39, 0.29) is 29.7 Å². The van der Waals surface area contributed by atoms with Gasteiger partial charge in [0.05, 0.1) is 0 Å². The van der Waals surface area contributed by atoms with Gasteiger partial charge in [0, 0.05) is 26.7 Å². The Kier molecular flexibility index (Phi) is 8.81. The highest BCUT2D eigenvalue weighted by atomic mass is 127. The third-order valence-corrected chi connectivity index (χ3v) is 3.94. The largest absolute Gasteiger partial charge is 0.484 e. The molecule has 0 radical (unpaired) electrons. The van der Waals surface area contributed by atoms with E-state index in [2.05, 4.69) is 22.1 Å². The van der Waals surface area contributed by atoms with Crippen LogP contribution in [0.25, 0.3) is 0 Å². The van der Waals surface area contributed by atoms with Gasteiger partial charge in [-0.2, -0.15) is 13.2 Å². The number of piperidine rings is 1. The van der Waals surface area contributed by atoms with E-state index in [1.165, 1.54) is 6.42 Å². The Morgan fingerprint density at radius 2 is 2.00 bits per heavy atom. The standard InChI is InChI=1S/C17H24F3N3O.HI/c1-13-4-3-9-23(11-13)16(21-2)22-10-14-5-7-15(8-6-14)24-12-17(18,19)20;/h5-8,13H,3-4,9-12H2,1-2H3,(H,21,22);1H. The summed E-state index contributed by atoms with van der Waals surface area (Å²) in [6, 6.07) is 6.61. The first-order chi connectivity index (χ1) is 11.4. The number of hydrogen-bond acceptors (Lipinski definition) is 2. The van der Waals surface area contributed by atoms with Crippen molar-refractivity contribution in [2.75, 3.05) is 26.7 Å². The fourth-order valence-electron chi connectivity index (χ4n) is 2.76. The number of guanidine groups is 1. The molecule has 1 aromatic rings. The lowest BCUT2D eigenvalue weighted by Crippen LogP contribution is -2.45. The van der Waals surface area contributed by atoms with Crippen LogP contribution in [0.2, 0.25) is 0 Å². The lowest BCUT2D eigenvalue weighted by Gasteiger charge is -2.33. The van der Waals surface area contributed by atoms with Crippen molar-refractivity contribution < 1.29 is 17.9 Å². The van der Waals surface area contributed by atoms with Gasteiger partial charge in [0.25, 0.3) is 0 Å². The highest BCUT2D eigenvalue weighted by molar-refractivity contribution is 14.0. The zero-order valence-corrected chi connectivity index (χ0v) is 16.8. The van der Waals surface area contributed by atoms with Gasteiger partial charge >= 0.3 is 6.18 Å². The Morgan fingerprint density at radius 3 is 2.56 bits per heavy atom. The van der Waals surface area contributed by atoms with Crippen LogP contribution in [0.3, 0.4) is 0 Å². The SMILES string of the molecule is CN=C(NCc1ccc(OCC(F)(F)F)cc1)N1CCCC(C)C1.I. The van der Waals surface area contributed by atoms with Gasteiger partial charge in [-0.1, -0.05) is 19.1 Å². The fourth-order valence-corrected chi connectivity index (χ4v) is 2.76. The number of likely N-dealkylation sites (tertiary alicyclic amines) is 1. The second-order valence-corrected chi connectivity index (χ2v) is 6.14. The van der Waals surface area contributed by atoms with Gasteiger partial charge in [-0.3, -0.25) is 4.99 Å². The van der Waals surface area contributed by atoms with Crippen LogP contribution in [0, 0.1) is 5.92 Å². The molecular formula is C17H25F3IN3O. The third-order valence-electron chi connectivity index (χ3n) is 3.94. The Bertz CT molecular complexity index is 549. The maximum Gasteiger partial charge on any atom is 0.422 e. The predicted molar refractivity (Wildman–Crippen MR) is 104 cm³/mol. The minimum atomic E-state index is -4.32. The molecule has 0 amide bonds. The molecular weight excluding hydrogens is 446 g/mol. The number of hydrogen-bond donors (Lipinski definition) is 1. The predicted octanol–water partition coefficient (Wildman–Crippen LogP) is 4.05. The summed E-state index contributed by atoms with van der Waals surface area (Å²) in [6.45, 7) is 3.51. The van der Waals surface area contributed by atoms with E-state index in [0.29, 0.717) is 12.5 Å². The van der Waals surface area contributed by atoms with Gasteiger partial charge in [0.2, 0.25) is 0 Å². The summed E-state index contributed by atoms with van der Waals surface area (Å²) >= 11 is 0. The van der Waals surface area contributed by atoms with E-state index in [1.54, 1.807) is 31.3 Å². The first-order valence-electron chi connectivity index (χ1n) is 8.11. The molecule has 1 atom stereocenters. The molecule has 1 N–H and O–H groups in total. The van der Waals surface area contributed by atoms with Gasteiger partial charge in [-0.25, -0.2) is 0 Å². The van der Waals surface area contributed by atoms with E-state index < -0.39 is 12.8 Å². The smallest absolute Gasteiger partial charge is 0.422 e. The average molecular weight is 471 g/mol. The second kappa shape index (κ2) is 10.1. The summed E-state index contributed by atoms with van der Waals surface area (Å²) in [6.07, 6.45) is -1.92. The molecule has 1 aliphatic heterocycles. The molecule has 25 heavy (non-hydrogen) atoms. The quantitative estimate of drug-likeness (QED) is 0.409. The first kappa shape index (κ1) is 21.9. The number of ether oxygens (including phenoxy) is 1. The lowest BCUT2D eigenvalue weighted by molar-refractivity contribution is -0.153. The molecule has 8 heteroatoms.